The molecule has 3 heterocycles. The maximum Gasteiger partial charge on any atom is 0.146 e. The molecule has 0 radical (unpaired) electrons. The molecule has 1 aliphatic heterocycles. The Labute approximate surface area is 144 Å². The van der Waals surface area contributed by atoms with Crippen molar-refractivity contribution in [2.75, 3.05) is 18.0 Å². The van der Waals surface area contributed by atoms with Gasteiger partial charge in [0.1, 0.15) is 11.9 Å². The van der Waals surface area contributed by atoms with Crippen molar-refractivity contribution in [1.29, 1.82) is 5.26 Å². The monoisotopic (exact) mass is 371 g/mol. The van der Waals surface area contributed by atoms with Crippen molar-refractivity contribution < 1.29 is 0 Å². The minimum atomic E-state index is 0.561. The highest BCUT2D eigenvalue weighted by Crippen LogP contribution is 2.31. The molecule has 2 aromatic heterocycles. The first-order valence-electron chi connectivity index (χ1n) is 8.09. The van der Waals surface area contributed by atoms with E-state index in [-0.39, 0.29) is 0 Å². The first kappa shape index (κ1) is 14.7. The Bertz CT molecular complexity index is 770. The van der Waals surface area contributed by atoms with E-state index in [9.17, 15) is 5.26 Å². The van der Waals surface area contributed by atoms with Crippen LogP contribution in [-0.4, -0.2) is 27.9 Å². The lowest BCUT2D eigenvalue weighted by Gasteiger charge is -2.40. The maximum absolute atomic E-state index is 9.46. The average molecular weight is 372 g/mol. The maximum atomic E-state index is 9.46. The zero-order valence-electron chi connectivity index (χ0n) is 12.9. The number of anilines is 1. The molecule has 0 atom stereocenters. The summed E-state index contributed by atoms with van der Waals surface area (Å²) in [5, 5.41) is 13.8. The van der Waals surface area contributed by atoms with Crippen LogP contribution in [0.3, 0.4) is 0 Å². The Morgan fingerprint density at radius 3 is 2.87 bits per heavy atom. The van der Waals surface area contributed by atoms with Crippen molar-refractivity contribution in [3.8, 4) is 6.07 Å². The summed E-state index contributed by atoms with van der Waals surface area (Å²) >= 11 is 3.42. The molecule has 2 aromatic rings. The highest BCUT2D eigenvalue weighted by molar-refractivity contribution is 9.10. The van der Waals surface area contributed by atoms with Gasteiger partial charge in [-0.2, -0.15) is 10.4 Å². The minimum absolute atomic E-state index is 0.561. The van der Waals surface area contributed by atoms with Gasteiger partial charge in [-0.05, 0) is 53.2 Å². The van der Waals surface area contributed by atoms with Gasteiger partial charge in [-0.15, -0.1) is 0 Å². The van der Waals surface area contributed by atoms with E-state index in [1.165, 1.54) is 24.1 Å². The fourth-order valence-corrected chi connectivity index (χ4v) is 3.84. The molecule has 23 heavy (non-hydrogen) atoms. The van der Waals surface area contributed by atoms with Crippen LogP contribution in [0.1, 0.15) is 29.7 Å². The summed E-state index contributed by atoms with van der Waals surface area (Å²) in [5.41, 5.74) is 3.20. The van der Waals surface area contributed by atoms with Crippen LogP contribution < -0.4 is 4.90 Å². The van der Waals surface area contributed by atoms with Crippen LogP contribution in [0.5, 0.6) is 0 Å². The third-order valence-electron chi connectivity index (χ3n) is 4.70. The van der Waals surface area contributed by atoms with Crippen molar-refractivity contribution in [2.45, 2.75) is 32.2 Å². The Hall–Kier alpha value is -1.87. The van der Waals surface area contributed by atoms with Gasteiger partial charge in [0.05, 0.1) is 16.2 Å². The fraction of sp³-hybridized carbons (Fsp3) is 0.471. The van der Waals surface area contributed by atoms with Gasteiger partial charge in [0.25, 0.3) is 0 Å². The molecule has 1 fully saturated rings. The predicted molar refractivity (Wildman–Crippen MR) is 91.2 cm³/mol. The predicted octanol–water partition coefficient (Wildman–Crippen LogP) is 2.93. The largest absolute Gasteiger partial charge is 0.355 e. The normalized spacial score (nSPS) is 17.5. The molecule has 1 saturated heterocycles. The third kappa shape index (κ3) is 2.86. The summed E-state index contributed by atoms with van der Waals surface area (Å²) in [6.07, 6.45) is 8.35. The van der Waals surface area contributed by atoms with Gasteiger partial charge in [-0.3, -0.25) is 4.68 Å². The molecule has 0 saturated carbocycles. The van der Waals surface area contributed by atoms with Crippen molar-refractivity contribution in [1.82, 2.24) is 14.8 Å². The van der Waals surface area contributed by atoms with Crippen molar-refractivity contribution >= 4 is 21.7 Å². The number of aromatic nitrogens is 3. The molecule has 0 N–H and O–H groups in total. The van der Waals surface area contributed by atoms with E-state index in [0.29, 0.717) is 5.92 Å². The van der Waals surface area contributed by atoms with Gasteiger partial charge < -0.3 is 4.90 Å². The van der Waals surface area contributed by atoms with E-state index >= 15 is 0 Å². The van der Waals surface area contributed by atoms with Gasteiger partial charge in [-0.1, -0.05) is 0 Å². The van der Waals surface area contributed by atoms with E-state index in [1.54, 1.807) is 0 Å². The number of nitrogens with zero attached hydrogens (tertiary/aromatic N) is 5. The summed E-state index contributed by atoms with van der Waals surface area (Å²) in [4.78, 5) is 7.06. The highest BCUT2D eigenvalue weighted by atomic mass is 79.9. The number of hydrogen-bond donors (Lipinski definition) is 0. The second-order valence-electron chi connectivity index (χ2n) is 6.44. The van der Waals surface area contributed by atoms with Crippen LogP contribution in [-0.2, 0) is 19.4 Å². The van der Waals surface area contributed by atoms with Gasteiger partial charge in [0, 0.05) is 37.4 Å². The lowest BCUT2D eigenvalue weighted by molar-refractivity contribution is 0.340. The molecule has 1 aliphatic carbocycles. The molecular weight excluding hydrogens is 354 g/mol. The van der Waals surface area contributed by atoms with Gasteiger partial charge >= 0.3 is 0 Å². The summed E-state index contributed by atoms with van der Waals surface area (Å²) in [5.74, 6) is 1.44. The first-order chi connectivity index (χ1) is 11.2. The van der Waals surface area contributed by atoms with Crippen LogP contribution in [0.4, 0.5) is 5.82 Å². The van der Waals surface area contributed by atoms with E-state index in [1.807, 2.05) is 17.1 Å². The third-order valence-corrected chi connectivity index (χ3v) is 5.11. The highest BCUT2D eigenvalue weighted by Gasteiger charge is 2.30. The molecular formula is C17H18BrN5. The number of aryl methyl sites for hydroxylation is 2. The Morgan fingerprint density at radius 1 is 1.30 bits per heavy atom. The second-order valence-corrected chi connectivity index (χ2v) is 7.35. The van der Waals surface area contributed by atoms with Crippen LogP contribution in [0.25, 0.3) is 0 Å². The number of halogens is 1. The average Bonchev–Trinajstić information content (AvgIpc) is 2.94. The summed E-state index contributed by atoms with van der Waals surface area (Å²) in [6.45, 7) is 2.80. The topological polar surface area (TPSA) is 57.7 Å². The van der Waals surface area contributed by atoms with Crippen molar-refractivity contribution in [3.63, 3.8) is 0 Å². The SMILES string of the molecule is N#Cc1cc2c(nc1N1CC(Cn3cc(Br)cn3)C1)CCCC2. The van der Waals surface area contributed by atoms with Crippen molar-refractivity contribution in [3.05, 3.63) is 39.8 Å². The summed E-state index contributed by atoms with van der Waals surface area (Å²) in [7, 11) is 0. The fourth-order valence-electron chi connectivity index (χ4n) is 3.51. The van der Waals surface area contributed by atoms with E-state index in [0.717, 1.165) is 48.3 Å². The lowest BCUT2D eigenvalue weighted by atomic mass is 9.93. The van der Waals surface area contributed by atoms with Crippen LogP contribution in [0, 0.1) is 17.2 Å². The van der Waals surface area contributed by atoms with Gasteiger partial charge in [0.15, 0.2) is 0 Å². The minimum Gasteiger partial charge on any atom is -0.355 e. The van der Waals surface area contributed by atoms with Crippen LogP contribution in [0.15, 0.2) is 22.9 Å². The number of fused-ring (bicyclic) bond motifs is 1. The number of rotatable bonds is 3. The smallest absolute Gasteiger partial charge is 0.146 e. The van der Waals surface area contributed by atoms with E-state index < -0.39 is 0 Å². The van der Waals surface area contributed by atoms with Gasteiger partial charge in [-0.25, -0.2) is 4.98 Å². The number of nitriles is 1. The number of hydrogen-bond acceptors (Lipinski definition) is 4. The lowest BCUT2D eigenvalue weighted by Crippen LogP contribution is -2.49. The number of pyridine rings is 1. The molecule has 5 nitrogen and oxygen atoms in total. The second kappa shape index (κ2) is 5.97. The Morgan fingerprint density at radius 2 is 2.13 bits per heavy atom. The van der Waals surface area contributed by atoms with Crippen molar-refractivity contribution in [2.24, 2.45) is 5.92 Å². The molecule has 0 aromatic carbocycles. The molecule has 118 valence electrons. The Kier molecular flexibility index (Phi) is 3.82. The van der Waals surface area contributed by atoms with E-state index in [4.69, 9.17) is 4.98 Å². The standard InChI is InChI=1S/C17H18BrN5/c18-15-7-20-23(11-15)10-12-8-22(9-12)17-14(6-19)5-13-3-1-2-4-16(13)21-17/h5,7,11-12H,1-4,8-10H2. The van der Waals surface area contributed by atoms with E-state index in [2.05, 4.69) is 38.1 Å². The molecule has 4 rings (SSSR count). The molecule has 0 amide bonds. The van der Waals surface area contributed by atoms with Crippen LogP contribution in [0.2, 0.25) is 0 Å². The van der Waals surface area contributed by atoms with Gasteiger partial charge in [0.2, 0.25) is 0 Å². The molecule has 0 spiro atoms. The quantitative estimate of drug-likeness (QED) is 0.831. The first-order valence-corrected chi connectivity index (χ1v) is 8.88. The summed E-state index contributed by atoms with van der Waals surface area (Å²) in [6, 6.07) is 4.40. The zero-order valence-corrected chi connectivity index (χ0v) is 14.5. The Balaban J connectivity index is 1.48. The molecule has 2 aliphatic rings. The molecule has 0 unspecified atom stereocenters. The molecule has 0 bridgehead atoms. The zero-order chi connectivity index (χ0) is 15.8. The summed E-state index contributed by atoms with van der Waals surface area (Å²) < 4.78 is 2.98. The van der Waals surface area contributed by atoms with Crippen LogP contribution >= 0.6 is 15.9 Å². The molecule has 6 heteroatoms.